The van der Waals surface area contributed by atoms with Gasteiger partial charge in [-0.25, -0.2) is 0 Å². The Morgan fingerprint density at radius 2 is 1.95 bits per heavy atom. The molecule has 0 unspecified atom stereocenters. The number of morpholine rings is 1. The van der Waals surface area contributed by atoms with Crippen molar-refractivity contribution >= 4 is 27.3 Å². The molecule has 20 heavy (non-hydrogen) atoms. The van der Waals surface area contributed by atoms with Gasteiger partial charge in [-0.2, -0.15) is 0 Å². The largest absolute Gasteiger partial charge is 0.466 e. The first-order valence-electron chi connectivity index (χ1n) is 6.72. The first kappa shape index (κ1) is 13.5. The number of nitrogens with one attached hydrogen (secondary N) is 1. The number of para-hydroxylation sites is 2. The van der Waals surface area contributed by atoms with E-state index < -0.39 is 0 Å². The maximum Gasteiger partial charge on any atom is 0.136 e. The van der Waals surface area contributed by atoms with Crippen molar-refractivity contribution in [3.63, 3.8) is 0 Å². The highest BCUT2D eigenvalue weighted by molar-refractivity contribution is 9.10. The van der Waals surface area contributed by atoms with E-state index >= 15 is 0 Å². The number of halogens is 1. The predicted molar refractivity (Wildman–Crippen MR) is 83.2 cm³/mol. The molecule has 0 radical (unpaired) electrons. The molecule has 2 heterocycles. The van der Waals surface area contributed by atoms with Crippen LogP contribution < -0.4 is 10.2 Å². The van der Waals surface area contributed by atoms with Crippen molar-refractivity contribution in [2.45, 2.75) is 6.54 Å². The summed E-state index contributed by atoms with van der Waals surface area (Å²) in [6, 6.07) is 10.3. The minimum atomic E-state index is 0.662. The van der Waals surface area contributed by atoms with E-state index in [2.05, 4.69) is 44.3 Å². The highest BCUT2D eigenvalue weighted by atomic mass is 79.9. The summed E-state index contributed by atoms with van der Waals surface area (Å²) in [4.78, 5) is 2.35. The van der Waals surface area contributed by atoms with Crippen molar-refractivity contribution in [1.29, 1.82) is 0 Å². The molecule has 106 valence electrons. The number of anilines is 2. The van der Waals surface area contributed by atoms with Gasteiger partial charge in [-0.3, -0.25) is 0 Å². The lowest BCUT2D eigenvalue weighted by Gasteiger charge is -2.30. The standard InChI is InChI=1S/C15H17BrN2O2/c16-12-5-8-20-15(12)11-17-13-3-1-2-4-14(13)18-6-9-19-10-7-18/h1-5,8,17H,6-7,9-11H2. The second-order valence-corrected chi connectivity index (χ2v) is 5.52. The molecule has 0 spiro atoms. The molecular formula is C15H17BrN2O2. The van der Waals surface area contributed by atoms with E-state index in [0.717, 1.165) is 42.2 Å². The lowest BCUT2D eigenvalue weighted by atomic mass is 10.2. The fraction of sp³-hybridized carbons (Fsp3) is 0.333. The van der Waals surface area contributed by atoms with Crippen molar-refractivity contribution in [3.8, 4) is 0 Å². The van der Waals surface area contributed by atoms with E-state index in [0.29, 0.717) is 6.54 Å². The van der Waals surface area contributed by atoms with Gasteiger partial charge in [-0.1, -0.05) is 12.1 Å². The van der Waals surface area contributed by atoms with Crippen LogP contribution in [0.25, 0.3) is 0 Å². The Morgan fingerprint density at radius 3 is 2.70 bits per heavy atom. The molecule has 0 aliphatic carbocycles. The zero-order valence-corrected chi connectivity index (χ0v) is 12.7. The molecule has 1 saturated heterocycles. The summed E-state index contributed by atoms with van der Waals surface area (Å²) in [6.07, 6.45) is 1.69. The van der Waals surface area contributed by atoms with Crippen LogP contribution in [-0.4, -0.2) is 26.3 Å². The van der Waals surface area contributed by atoms with Gasteiger partial charge < -0.3 is 19.4 Å². The summed E-state index contributed by atoms with van der Waals surface area (Å²) in [6.45, 7) is 4.11. The molecule has 0 atom stereocenters. The van der Waals surface area contributed by atoms with Gasteiger partial charge >= 0.3 is 0 Å². The Labute approximate surface area is 126 Å². The summed E-state index contributed by atoms with van der Waals surface area (Å²) in [7, 11) is 0. The van der Waals surface area contributed by atoms with Crippen LogP contribution in [0.2, 0.25) is 0 Å². The molecule has 1 fully saturated rings. The number of rotatable bonds is 4. The minimum Gasteiger partial charge on any atom is -0.466 e. The summed E-state index contributed by atoms with van der Waals surface area (Å²) in [5, 5.41) is 3.45. The summed E-state index contributed by atoms with van der Waals surface area (Å²) in [5.41, 5.74) is 2.34. The summed E-state index contributed by atoms with van der Waals surface area (Å²) < 4.78 is 11.8. The maximum absolute atomic E-state index is 5.43. The SMILES string of the molecule is Brc1ccoc1CNc1ccccc1N1CCOCC1. The van der Waals surface area contributed by atoms with Crippen molar-refractivity contribution in [2.24, 2.45) is 0 Å². The predicted octanol–water partition coefficient (Wildman–Crippen LogP) is 3.49. The summed E-state index contributed by atoms with van der Waals surface area (Å²) in [5.74, 6) is 0.904. The Hall–Kier alpha value is -1.46. The topological polar surface area (TPSA) is 37.6 Å². The van der Waals surface area contributed by atoms with Gasteiger partial charge in [-0.05, 0) is 34.1 Å². The molecule has 1 aromatic carbocycles. The molecule has 2 aromatic rings. The molecular weight excluding hydrogens is 320 g/mol. The smallest absolute Gasteiger partial charge is 0.136 e. The average Bonchev–Trinajstić information content (AvgIpc) is 2.92. The number of furan rings is 1. The first-order valence-corrected chi connectivity index (χ1v) is 7.51. The zero-order valence-electron chi connectivity index (χ0n) is 11.1. The number of benzene rings is 1. The van der Waals surface area contributed by atoms with Crippen molar-refractivity contribution in [2.75, 3.05) is 36.5 Å². The van der Waals surface area contributed by atoms with Crippen LogP contribution in [0.1, 0.15) is 5.76 Å². The monoisotopic (exact) mass is 336 g/mol. The van der Waals surface area contributed by atoms with E-state index in [-0.39, 0.29) is 0 Å². The van der Waals surface area contributed by atoms with Gasteiger partial charge in [0.05, 0.1) is 41.9 Å². The third-order valence-electron chi connectivity index (χ3n) is 3.39. The highest BCUT2D eigenvalue weighted by Crippen LogP contribution is 2.27. The van der Waals surface area contributed by atoms with Crippen LogP contribution in [0.3, 0.4) is 0 Å². The number of hydrogen-bond acceptors (Lipinski definition) is 4. The Kier molecular flexibility index (Phi) is 4.28. The molecule has 3 rings (SSSR count). The van der Waals surface area contributed by atoms with Crippen LogP contribution in [-0.2, 0) is 11.3 Å². The second-order valence-electron chi connectivity index (χ2n) is 4.66. The van der Waals surface area contributed by atoms with Crippen LogP contribution in [0.15, 0.2) is 45.5 Å². The van der Waals surface area contributed by atoms with E-state index in [9.17, 15) is 0 Å². The van der Waals surface area contributed by atoms with Crippen molar-refractivity contribution < 1.29 is 9.15 Å². The van der Waals surface area contributed by atoms with E-state index in [1.807, 2.05) is 12.1 Å². The van der Waals surface area contributed by atoms with Gasteiger partial charge in [0.25, 0.3) is 0 Å². The average molecular weight is 337 g/mol. The van der Waals surface area contributed by atoms with E-state index in [1.54, 1.807) is 6.26 Å². The zero-order chi connectivity index (χ0) is 13.8. The van der Waals surface area contributed by atoms with Gasteiger partial charge in [0.15, 0.2) is 0 Å². The van der Waals surface area contributed by atoms with Gasteiger partial charge in [0.1, 0.15) is 5.76 Å². The quantitative estimate of drug-likeness (QED) is 0.927. The van der Waals surface area contributed by atoms with Gasteiger partial charge in [-0.15, -0.1) is 0 Å². The fourth-order valence-corrected chi connectivity index (χ4v) is 2.67. The van der Waals surface area contributed by atoms with Crippen molar-refractivity contribution in [1.82, 2.24) is 0 Å². The number of hydrogen-bond donors (Lipinski definition) is 1. The molecule has 4 nitrogen and oxygen atoms in total. The highest BCUT2D eigenvalue weighted by Gasteiger charge is 2.14. The van der Waals surface area contributed by atoms with Crippen LogP contribution >= 0.6 is 15.9 Å². The Morgan fingerprint density at radius 1 is 1.15 bits per heavy atom. The normalized spacial score (nSPS) is 15.3. The maximum atomic E-state index is 5.43. The lowest BCUT2D eigenvalue weighted by molar-refractivity contribution is 0.123. The molecule has 0 bridgehead atoms. The third-order valence-corrected chi connectivity index (χ3v) is 4.09. The van der Waals surface area contributed by atoms with Crippen LogP contribution in [0, 0.1) is 0 Å². The molecule has 1 N–H and O–H groups in total. The van der Waals surface area contributed by atoms with Gasteiger partial charge in [0.2, 0.25) is 0 Å². The Bertz CT molecular complexity index is 565. The lowest BCUT2D eigenvalue weighted by Crippen LogP contribution is -2.36. The molecule has 1 aromatic heterocycles. The fourth-order valence-electron chi connectivity index (χ4n) is 2.33. The molecule has 0 saturated carbocycles. The van der Waals surface area contributed by atoms with Crippen LogP contribution in [0.5, 0.6) is 0 Å². The van der Waals surface area contributed by atoms with E-state index in [1.165, 1.54) is 5.69 Å². The minimum absolute atomic E-state index is 0.662. The first-order chi connectivity index (χ1) is 9.84. The molecule has 5 heteroatoms. The Balaban J connectivity index is 1.74. The summed E-state index contributed by atoms with van der Waals surface area (Å²) >= 11 is 3.47. The van der Waals surface area contributed by atoms with Crippen LogP contribution in [0.4, 0.5) is 11.4 Å². The van der Waals surface area contributed by atoms with E-state index in [4.69, 9.17) is 9.15 Å². The van der Waals surface area contributed by atoms with Gasteiger partial charge in [0, 0.05) is 13.1 Å². The molecule has 1 aliphatic heterocycles. The number of nitrogens with zero attached hydrogens (tertiary/aromatic N) is 1. The molecule has 1 aliphatic rings. The van der Waals surface area contributed by atoms with Crippen molar-refractivity contribution in [3.05, 3.63) is 46.8 Å². The number of ether oxygens (including phenoxy) is 1. The second kappa shape index (κ2) is 6.33. The third kappa shape index (κ3) is 2.99. The molecule has 0 amide bonds.